The highest BCUT2D eigenvalue weighted by atomic mass is 19.1. The van der Waals surface area contributed by atoms with Gasteiger partial charge >= 0.3 is 0 Å². The molecule has 0 saturated heterocycles. The van der Waals surface area contributed by atoms with Gasteiger partial charge in [-0.3, -0.25) is 0 Å². The SMILES string of the molecule is CCC(OC)(OC)c1ccc(F)cc1F. The third kappa shape index (κ3) is 2.16. The van der Waals surface area contributed by atoms with E-state index in [0.29, 0.717) is 6.42 Å². The van der Waals surface area contributed by atoms with Crippen molar-refractivity contribution in [3.8, 4) is 0 Å². The van der Waals surface area contributed by atoms with Crippen molar-refractivity contribution < 1.29 is 18.3 Å². The fourth-order valence-corrected chi connectivity index (χ4v) is 1.58. The summed E-state index contributed by atoms with van der Waals surface area (Å²) in [5.41, 5.74) is 0.205. The molecule has 4 heteroatoms. The standard InChI is InChI=1S/C11H14F2O2/c1-4-11(14-2,15-3)9-6-5-8(12)7-10(9)13/h5-7H,4H2,1-3H3. The van der Waals surface area contributed by atoms with Gasteiger partial charge in [-0.2, -0.15) is 0 Å². The summed E-state index contributed by atoms with van der Waals surface area (Å²) in [6.45, 7) is 1.80. The van der Waals surface area contributed by atoms with Crippen LogP contribution in [0.4, 0.5) is 8.78 Å². The highest BCUT2D eigenvalue weighted by Crippen LogP contribution is 2.31. The van der Waals surface area contributed by atoms with Gasteiger partial charge in [0.05, 0.1) is 0 Å². The summed E-state index contributed by atoms with van der Waals surface area (Å²) in [7, 11) is 2.85. The van der Waals surface area contributed by atoms with Gasteiger partial charge in [0.25, 0.3) is 0 Å². The van der Waals surface area contributed by atoms with E-state index < -0.39 is 17.4 Å². The molecule has 84 valence electrons. The van der Waals surface area contributed by atoms with Crippen molar-refractivity contribution in [3.63, 3.8) is 0 Å². The van der Waals surface area contributed by atoms with Gasteiger partial charge in [0.1, 0.15) is 11.6 Å². The molecule has 0 radical (unpaired) electrons. The number of benzene rings is 1. The lowest BCUT2D eigenvalue weighted by Gasteiger charge is -2.30. The Kier molecular flexibility index (Phi) is 3.77. The summed E-state index contributed by atoms with van der Waals surface area (Å²) in [5.74, 6) is -2.42. The van der Waals surface area contributed by atoms with Gasteiger partial charge in [-0.15, -0.1) is 0 Å². The Morgan fingerprint density at radius 2 is 1.80 bits per heavy atom. The molecule has 0 bridgehead atoms. The summed E-state index contributed by atoms with van der Waals surface area (Å²) < 4.78 is 36.5. The summed E-state index contributed by atoms with van der Waals surface area (Å²) in [5, 5.41) is 0. The molecule has 0 saturated carbocycles. The Bertz CT molecular complexity index is 327. The first kappa shape index (κ1) is 12.1. The van der Waals surface area contributed by atoms with Crippen molar-refractivity contribution in [2.75, 3.05) is 14.2 Å². The molecule has 0 aliphatic rings. The first-order valence-corrected chi connectivity index (χ1v) is 4.65. The lowest BCUT2D eigenvalue weighted by atomic mass is 10.0. The third-order valence-corrected chi connectivity index (χ3v) is 2.47. The van der Waals surface area contributed by atoms with Gasteiger partial charge < -0.3 is 9.47 Å². The van der Waals surface area contributed by atoms with Crippen LogP contribution in [0.5, 0.6) is 0 Å². The Labute approximate surface area is 87.8 Å². The van der Waals surface area contributed by atoms with Crippen LogP contribution in [-0.2, 0) is 15.3 Å². The Hall–Kier alpha value is -1.00. The Morgan fingerprint density at radius 3 is 2.20 bits per heavy atom. The van der Waals surface area contributed by atoms with Crippen LogP contribution in [-0.4, -0.2) is 14.2 Å². The van der Waals surface area contributed by atoms with Gasteiger partial charge in [0.2, 0.25) is 0 Å². The summed E-state index contributed by atoms with van der Waals surface area (Å²) in [6, 6.07) is 3.33. The van der Waals surface area contributed by atoms with Crippen LogP contribution in [0.25, 0.3) is 0 Å². The predicted octanol–water partition coefficient (Wildman–Crippen LogP) is 2.82. The first-order chi connectivity index (χ1) is 7.09. The largest absolute Gasteiger partial charge is 0.349 e. The number of halogens is 2. The Balaban J connectivity index is 3.22. The van der Waals surface area contributed by atoms with Gasteiger partial charge in [-0.1, -0.05) is 6.92 Å². The summed E-state index contributed by atoms with van der Waals surface area (Å²) >= 11 is 0. The van der Waals surface area contributed by atoms with Crippen molar-refractivity contribution in [1.82, 2.24) is 0 Å². The second-order valence-corrected chi connectivity index (χ2v) is 3.14. The van der Waals surface area contributed by atoms with Crippen LogP contribution in [0.2, 0.25) is 0 Å². The summed E-state index contributed by atoms with van der Waals surface area (Å²) in [4.78, 5) is 0. The van der Waals surface area contributed by atoms with Gasteiger partial charge in [-0.05, 0) is 12.1 Å². The van der Waals surface area contributed by atoms with E-state index in [9.17, 15) is 8.78 Å². The number of hydrogen-bond donors (Lipinski definition) is 0. The fraction of sp³-hybridized carbons (Fsp3) is 0.455. The van der Waals surface area contributed by atoms with E-state index in [0.717, 1.165) is 6.07 Å². The van der Waals surface area contributed by atoms with Crippen LogP contribution in [0.1, 0.15) is 18.9 Å². The average Bonchev–Trinajstić information content (AvgIpc) is 2.23. The molecular weight excluding hydrogens is 202 g/mol. The normalized spacial score (nSPS) is 11.8. The maximum atomic E-state index is 13.5. The molecule has 2 nitrogen and oxygen atoms in total. The number of ether oxygens (including phenoxy) is 2. The zero-order chi connectivity index (χ0) is 11.5. The van der Waals surface area contributed by atoms with E-state index in [2.05, 4.69) is 0 Å². The fourth-order valence-electron chi connectivity index (χ4n) is 1.58. The smallest absolute Gasteiger partial charge is 0.196 e. The molecule has 0 aromatic heterocycles. The van der Waals surface area contributed by atoms with E-state index in [1.165, 1.54) is 26.4 Å². The molecule has 15 heavy (non-hydrogen) atoms. The van der Waals surface area contributed by atoms with E-state index in [4.69, 9.17) is 9.47 Å². The molecule has 0 N–H and O–H groups in total. The van der Waals surface area contributed by atoms with E-state index in [-0.39, 0.29) is 5.56 Å². The van der Waals surface area contributed by atoms with E-state index >= 15 is 0 Å². The molecule has 0 heterocycles. The second-order valence-electron chi connectivity index (χ2n) is 3.14. The average molecular weight is 216 g/mol. The highest BCUT2D eigenvalue weighted by Gasteiger charge is 2.32. The van der Waals surface area contributed by atoms with Crippen LogP contribution >= 0.6 is 0 Å². The number of methoxy groups -OCH3 is 2. The molecule has 0 spiro atoms. The monoisotopic (exact) mass is 216 g/mol. The van der Waals surface area contributed by atoms with Crippen molar-refractivity contribution in [3.05, 3.63) is 35.4 Å². The van der Waals surface area contributed by atoms with Crippen LogP contribution in [0.3, 0.4) is 0 Å². The lowest BCUT2D eigenvalue weighted by Crippen LogP contribution is -2.31. The molecule has 1 aromatic rings. The molecule has 1 aromatic carbocycles. The topological polar surface area (TPSA) is 18.5 Å². The zero-order valence-corrected chi connectivity index (χ0v) is 9.01. The molecule has 0 fully saturated rings. The minimum Gasteiger partial charge on any atom is -0.349 e. The van der Waals surface area contributed by atoms with Crippen molar-refractivity contribution >= 4 is 0 Å². The molecule has 0 aliphatic heterocycles. The quantitative estimate of drug-likeness (QED) is 0.720. The first-order valence-electron chi connectivity index (χ1n) is 4.65. The molecule has 0 aliphatic carbocycles. The molecule has 1 rings (SSSR count). The summed E-state index contributed by atoms with van der Waals surface area (Å²) in [6.07, 6.45) is 0.433. The van der Waals surface area contributed by atoms with E-state index in [1.54, 1.807) is 6.92 Å². The second kappa shape index (κ2) is 4.68. The number of rotatable bonds is 4. The minimum atomic E-state index is -1.14. The van der Waals surface area contributed by atoms with Gasteiger partial charge in [0, 0.05) is 32.3 Å². The van der Waals surface area contributed by atoms with E-state index in [1.807, 2.05) is 0 Å². The van der Waals surface area contributed by atoms with Crippen LogP contribution in [0, 0.1) is 11.6 Å². The third-order valence-electron chi connectivity index (χ3n) is 2.47. The van der Waals surface area contributed by atoms with Gasteiger partial charge in [0.15, 0.2) is 5.79 Å². The molecular formula is C11H14F2O2. The van der Waals surface area contributed by atoms with Crippen molar-refractivity contribution in [2.45, 2.75) is 19.1 Å². The van der Waals surface area contributed by atoms with Crippen LogP contribution < -0.4 is 0 Å². The predicted molar refractivity (Wildman–Crippen MR) is 52.3 cm³/mol. The molecule has 0 atom stereocenters. The lowest BCUT2D eigenvalue weighted by molar-refractivity contribution is -0.219. The van der Waals surface area contributed by atoms with Crippen molar-refractivity contribution in [2.24, 2.45) is 0 Å². The number of hydrogen-bond acceptors (Lipinski definition) is 2. The van der Waals surface area contributed by atoms with Gasteiger partial charge in [-0.25, -0.2) is 8.78 Å². The minimum absolute atomic E-state index is 0.205. The maximum Gasteiger partial charge on any atom is 0.196 e. The Morgan fingerprint density at radius 1 is 1.20 bits per heavy atom. The highest BCUT2D eigenvalue weighted by molar-refractivity contribution is 5.23. The molecule has 0 amide bonds. The maximum absolute atomic E-state index is 13.5. The van der Waals surface area contributed by atoms with Crippen LogP contribution in [0.15, 0.2) is 18.2 Å². The molecule has 0 unspecified atom stereocenters. The zero-order valence-electron chi connectivity index (χ0n) is 9.01. The van der Waals surface area contributed by atoms with Crippen molar-refractivity contribution in [1.29, 1.82) is 0 Å².